The summed E-state index contributed by atoms with van der Waals surface area (Å²) < 4.78 is 27.0. The smallest absolute Gasteiger partial charge is 0.240 e. The van der Waals surface area contributed by atoms with Crippen LogP contribution in [0.5, 0.6) is 0 Å². The first-order chi connectivity index (χ1) is 10.4. The third kappa shape index (κ3) is 3.03. The number of nitrogens with zero attached hydrogens (tertiary/aromatic N) is 1. The molecule has 3 aromatic rings. The SMILES string of the molecule is Cc1ccc(S(=O)(=O)NCc2nc3ccc(C)cc3[nH]2)cc1. The van der Waals surface area contributed by atoms with Crippen LogP contribution in [0.2, 0.25) is 0 Å². The van der Waals surface area contributed by atoms with Gasteiger partial charge in [0.05, 0.1) is 22.5 Å². The molecule has 0 aliphatic rings. The number of nitrogens with one attached hydrogen (secondary N) is 2. The molecule has 0 fully saturated rings. The number of H-pyrrole nitrogens is 1. The zero-order valence-corrected chi connectivity index (χ0v) is 13.2. The van der Waals surface area contributed by atoms with Gasteiger partial charge in [0.25, 0.3) is 0 Å². The van der Waals surface area contributed by atoms with Crippen molar-refractivity contribution in [3.05, 3.63) is 59.4 Å². The van der Waals surface area contributed by atoms with Crippen molar-refractivity contribution in [2.24, 2.45) is 0 Å². The zero-order valence-electron chi connectivity index (χ0n) is 12.4. The van der Waals surface area contributed by atoms with Gasteiger partial charge in [-0.1, -0.05) is 23.8 Å². The molecule has 114 valence electrons. The van der Waals surface area contributed by atoms with E-state index in [1.54, 1.807) is 24.3 Å². The van der Waals surface area contributed by atoms with Crippen molar-refractivity contribution in [1.29, 1.82) is 0 Å². The van der Waals surface area contributed by atoms with E-state index in [4.69, 9.17) is 0 Å². The van der Waals surface area contributed by atoms with Gasteiger partial charge in [0.15, 0.2) is 0 Å². The van der Waals surface area contributed by atoms with Gasteiger partial charge in [-0.25, -0.2) is 18.1 Å². The van der Waals surface area contributed by atoms with Crippen LogP contribution in [-0.4, -0.2) is 18.4 Å². The molecule has 1 heterocycles. The molecule has 3 rings (SSSR count). The van der Waals surface area contributed by atoms with Crippen molar-refractivity contribution in [3.63, 3.8) is 0 Å². The van der Waals surface area contributed by atoms with Crippen LogP contribution < -0.4 is 4.72 Å². The molecular weight excluding hydrogens is 298 g/mol. The first kappa shape index (κ1) is 14.7. The summed E-state index contributed by atoms with van der Waals surface area (Å²) in [7, 11) is -3.53. The van der Waals surface area contributed by atoms with Gasteiger partial charge in [-0.3, -0.25) is 0 Å². The maximum absolute atomic E-state index is 12.2. The van der Waals surface area contributed by atoms with Gasteiger partial charge >= 0.3 is 0 Å². The summed E-state index contributed by atoms with van der Waals surface area (Å²) in [6, 6.07) is 12.6. The van der Waals surface area contributed by atoms with Crippen LogP contribution in [-0.2, 0) is 16.6 Å². The lowest BCUT2D eigenvalue weighted by Crippen LogP contribution is -2.23. The Hall–Kier alpha value is -2.18. The Morgan fingerprint density at radius 2 is 1.73 bits per heavy atom. The zero-order chi connectivity index (χ0) is 15.7. The number of aromatic amines is 1. The standard InChI is InChI=1S/C16H17N3O2S/c1-11-3-6-13(7-4-11)22(20,21)17-10-16-18-14-8-5-12(2)9-15(14)19-16/h3-9,17H,10H2,1-2H3,(H,18,19). The number of hydrogen-bond acceptors (Lipinski definition) is 3. The summed E-state index contributed by atoms with van der Waals surface area (Å²) in [5.74, 6) is 0.594. The van der Waals surface area contributed by atoms with E-state index < -0.39 is 10.0 Å². The predicted octanol–water partition coefficient (Wildman–Crippen LogP) is 2.66. The topological polar surface area (TPSA) is 74.8 Å². The Balaban J connectivity index is 1.79. The molecule has 22 heavy (non-hydrogen) atoms. The third-order valence-corrected chi connectivity index (χ3v) is 4.86. The minimum atomic E-state index is -3.53. The predicted molar refractivity (Wildman–Crippen MR) is 86.0 cm³/mol. The first-order valence-electron chi connectivity index (χ1n) is 6.96. The van der Waals surface area contributed by atoms with E-state index in [0.29, 0.717) is 5.82 Å². The van der Waals surface area contributed by atoms with Crippen molar-refractivity contribution < 1.29 is 8.42 Å². The summed E-state index contributed by atoms with van der Waals surface area (Å²) in [4.78, 5) is 7.77. The van der Waals surface area contributed by atoms with Crippen molar-refractivity contribution in [3.8, 4) is 0 Å². The average Bonchev–Trinajstić information content (AvgIpc) is 2.88. The molecule has 6 heteroatoms. The number of imidazole rings is 1. The number of fused-ring (bicyclic) bond motifs is 1. The van der Waals surface area contributed by atoms with E-state index >= 15 is 0 Å². The normalized spacial score (nSPS) is 11.9. The highest BCUT2D eigenvalue weighted by molar-refractivity contribution is 7.89. The first-order valence-corrected chi connectivity index (χ1v) is 8.44. The second-order valence-corrected chi connectivity index (χ2v) is 7.11. The molecule has 0 amide bonds. The summed E-state index contributed by atoms with van der Waals surface area (Å²) in [6.07, 6.45) is 0. The van der Waals surface area contributed by atoms with Crippen molar-refractivity contribution in [2.75, 3.05) is 0 Å². The van der Waals surface area contributed by atoms with Gasteiger partial charge in [-0.15, -0.1) is 0 Å². The molecule has 2 N–H and O–H groups in total. The Morgan fingerprint density at radius 3 is 2.45 bits per heavy atom. The Kier molecular flexibility index (Phi) is 3.72. The number of hydrogen-bond donors (Lipinski definition) is 2. The summed E-state index contributed by atoms with van der Waals surface area (Å²) in [5, 5.41) is 0. The van der Waals surface area contributed by atoms with Crippen molar-refractivity contribution >= 4 is 21.1 Å². The van der Waals surface area contributed by atoms with Crippen LogP contribution in [0.25, 0.3) is 11.0 Å². The third-order valence-electron chi connectivity index (χ3n) is 3.45. The van der Waals surface area contributed by atoms with Crippen LogP contribution in [0.3, 0.4) is 0 Å². The lowest BCUT2D eigenvalue weighted by atomic mass is 10.2. The van der Waals surface area contributed by atoms with Crippen LogP contribution in [0.15, 0.2) is 47.4 Å². The summed E-state index contributed by atoms with van der Waals surface area (Å²) in [5.41, 5.74) is 3.88. The van der Waals surface area contributed by atoms with Gasteiger partial charge in [-0.05, 0) is 43.7 Å². The van der Waals surface area contributed by atoms with Gasteiger partial charge < -0.3 is 4.98 Å². The van der Waals surface area contributed by atoms with E-state index in [1.165, 1.54) is 0 Å². The molecule has 5 nitrogen and oxygen atoms in total. The number of aromatic nitrogens is 2. The fourth-order valence-electron chi connectivity index (χ4n) is 2.22. The van der Waals surface area contributed by atoms with Gasteiger partial charge in [0.1, 0.15) is 5.82 Å². The molecule has 2 aromatic carbocycles. The number of sulfonamides is 1. The lowest BCUT2D eigenvalue weighted by Gasteiger charge is -2.05. The van der Waals surface area contributed by atoms with Crippen LogP contribution >= 0.6 is 0 Å². The molecule has 0 spiro atoms. The Labute approximate surface area is 129 Å². The maximum Gasteiger partial charge on any atom is 0.240 e. The highest BCUT2D eigenvalue weighted by Gasteiger charge is 2.14. The Bertz CT molecular complexity index is 912. The van der Waals surface area contributed by atoms with Gasteiger partial charge in [0.2, 0.25) is 10.0 Å². The molecule has 1 aromatic heterocycles. The van der Waals surface area contributed by atoms with Crippen molar-refractivity contribution in [2.45, 2.75) is 25.3 Å². The van der Waals surface area contributed by atoms with E-state index in [1.807, 2.05) is 32.0 Å². The molecular formula is C16H17N3O2S. The highest BCUT2D eigenvalue weighted by Crippen LogP contribution is 2.14. The molecule has 0 saturated heterocycles. The van der Waals surface area contributed by atoms with Crippen LogP contribution in [0.4, 0.5) is 0 Å². The monoisotopic (exact) mass is 315 g/mol. The highest BCUT2D eigenvalue weighted by atomic mass is 32.2. The molecule has 0 aliphatic carbocycles. The second-order valence-electron chi connectivity index (χ2n) is 5.34. The minimum absolute atomic E-state index is 0.129. The Morgan fingerprint density at radius 1 is 1.05 bits per heavy atom. The van der Waals surface area contributed by atoms with Crippen molar-refractivity contribution in [1.82, 2.24) is 14.7 Å². The van der Waals surface area contributed by atoms with Gasteiger partial charge in [0, 0.05) is 0 Å². The molecule has 0 aliphatic heterocycles. The number of aryl methyl sites for hydroxylation is 2. The van der Waals surface area contributed by atoms with E-state index in [0.717, 1.165) is 22.2 Å². The fourth-order valence-corrected chi connectivity index (χ4v) is 3.21. The van der Waals surface area contributed by atoms with Crippen LogP contribution in [0.1, 0.15) is 17.0 Å². The molecule has 0 radical (unpaired) electrons. The quantitative estimate of drug-likeness (QED) is 0.777. The van der Waals surface area contributed by atoms with Crippen LogP contribution in [0, 0.1) is 13.8 Å². The van der Waals surface area contributed by atoms with Gasteiger partial charge in [-0.2, -0.15) is 0 Å². The molecule has 0 unspecified atom stereocenters. The maximum atomic E-state index is 12.2. The van der Waals surface area contributed by atoms with E-state index in [2.05, 4.69) is 14.7 Å². The molecule has 0 atom stereocenters. The average molecular weight is 315 g/mol. The number of rotatable bonds is 4. The minimum Gasteiger partial charge on any atom is -0.341 e. The summed E-state index contributed by atoms with van der Waals surface area (Å²) in [6.45, 7) is 4.05. The summed E-state index contributed by atoms with van der Waals surface area (Å²) >= 11 is 0. The van der Waals surface area contributed by atoms with E-state index in [-0.39, 0.29) is 11.4 Å². The fraction of sp³-hybridized carbons (Fsp3) is 0.188. The largest absolute Gasteiger partial charge is 0.341 e. The second kappa shape index (κ2) is 5.55. The van der Waals surface area contributed by atoms with E-state index in [9.17, 15) is 8.42 Å². The molecule has 0 saturated carbocycles. The lowest BCUT2D eigenvalue weighted by molar-refractivity contribution is 0.579. The number of benzene rings is 2. The molecule has 0 bridgehead atoms.